The van der Waals surface area contributed by atoms with Crippen molar-refractivity contribution in [2.45, 2.75) is 33.4 Å². The quantitative estimate of drug-likeness (QED) is 0.382. The summed E-state index contributed by atoms with van der Waals surface area (Å²) in [6, 6.07) is 11.4. The predicted molar refractivity (Wildman–Crippen MR) is 120 cm³/mol. The maximum Gasteiger partial charge on any atom is 0.219 e. The first-order valence-corrected chi connectivity index (χ1v) is 10.4. The van der Waals surface area contributed by atoms with Crippen LogP contribution in [0.1, 0.15) is 25.2 Å². The van der Waals surface area contributed by atoms with Crippen LogP contribution in [0.2, 0.25) is 0 Å². The molecule has 0 aliphatic carbocycles. The molecular formula is C22H29N7O2. The van der Waals surface area contributed by atoms with E-state index in [0.29, 0.717) is 30.5 Å². The molecule has 9 heteroatoms. The van der Waals surface area contributed by atoms with Crippen LogP contribution in [0.15, 0.2) is 53.9 Å². The highest BCUT2D eigenvalue weighted by Gasteiger charge is 2.07. The number of aryl methyl sites for hydroxylation is 1. The predicted octanol–water partition coefficient (Wildman–Crippen LogP) is 2.79. The summed E-state index contributed by atoms with van der Waals surface area (Å²) in [6.07, 6.45) is 4.39. The van der Waals surface area contributed by atoms with Crippen LogP contribution in [-0.4, -0.2) is 45.9 Å². The highest BCUT2D eigenvalue weighted by atomic mass is 16.5. The maximum absolute atomic E-state index is 5.87. The Bertz CT molecular complexity index is 970. The van der Waals surface area contributed by atoms with Gasteiger partial charge >= 0.3 is 0 Å². The fourth-order valence-corrected chi connectivity index (χ4v) is 2.94. The fraction of sp³-hybridized carbons (Fsp3) is 0.364. The summed E-state index contributed by atoms with van der Waals surface area (Å²) < 4.78 is 13.5. The molecule has 0 spiro atoms. The van der Waals surface area contributed by atoms with E-state index < -0.39 is 0 Å². The first-order valence-electron chi connectivity index (χ1n) is 10.4. The Labute approximate surface area is 182 Å². The van der Waals surface area contributed by atoms with Crippen molar-refractivity contribution in [1.82, 2.24) is 30.4 Å². The van der Waals surface area contributed by atoms with E-state index >= 15 is 0 Å². The number of para-hydroxylation sites is 2. The number of ether oxygens (including phenoxy) is 2. The molecule has 3 rings (SSSR count). The molecule has 31 heavy (non-hydrogen) atoms. The minimum atomic E-state index is 0.513. The van der Waals surface area contributed by atoms with Crippen LogP contribution < -0.4 is 20.1 Å². The number of benzene rings is 1. The van der Waals surface area contributed by atoms with Gasteiger partial charge in [-0.15, -0.1) is 10.2 Å². The molecule has 164 valence electrons. The van der Waals surface area contributed by atoms with Crippen molar-refractivity contribution >= 4 is 5.96 Å². The van der Waals surface area contributed by atoms with Gasteiger partial charge in [0.15, 0.2) is 17.5 Å². The van der Waals surface area contributed by atoms with Crippen LogP contribution in [0.5, 0.6) is 17.4 Å². The standard InChI is InChI=1S/C22H29N7O2/c1-4-20-28-27-16-29(20)13-12-24-22(23-3)26-15-17-10-11-21(25-14-17)31-19-9-7-6-8-18(19)30-5-2/h6-11,14,16H,4-5,12-13,15H2,1-3H3,(H2,23,24,26). The molecule has 3 aromatic rings. The zero-order valence-electron chi connectivity index (χ0n) is 18.2. The van der Waals surface area contributed by atoms with Gasteiger partial charge in [0, 0.05) is 45.4 Å². The third-order valence-corrected chi connectivity index (χ3v) is 4.50. The van der Waals surface area contributed by atoms with Gasteiger partial charge in [0.1, 0.15) is 12.2 Å². The minimum Gasteiger partial charge on any atom is -0.490 e. The van der Waals surface area contributed by atoms with Crippen molar-refractivity contribution in [3.63, 3.8) is 0 Å². The van der Waals surface area contributed by atoms with E-state index in [-0.39, 0.29) is 0 Å². The van der Waals surface area contributed by atoms with Gasteiger partial charge in [0.25, 0.3) is 0 Å². The maximum atomic E-state index is 5.87. The summed E-state index contributed by atoms with van der Waals surface area (Å²) in [5, 5.41) is 14.6. The van der Waals surface area contributed by atoms with E-state index in [1.54, 1.807) is 19.6 Å². The topological polar surface area (TPSA) is 98.5 Å². The third-order valence-electron chi connectivity index (χ3n) is 4.50. The minimum absolute atomic E-state index is 0.513. The van der Waals surface area contributed by atoms with Crippen LogP contribution in [0.25, 0.3) is 0 Å². The van der Waals surface area contributed by atoms with Gasteiger partial charge < -0.3 is 24.7 Å². The van der Waals surface area contributed by atoms with Crippen molar-refractivity contribution in [3.8, 4) is 17.4 Å². The van der Waals surface area contributed by atoms with Crippen molar-refractivity contribution in [2.75, 3.05) is 20.2 Å². The van der Waals surface area contributed by atoms with Gasteiger partial charge in [-0.25, -0.2) is 4.98 Å². The smallest absolute Gasteiger partial charge is 0.219 e. The Balaban J connectivity index is 1.48. The van der Waals surface area contributed by atoms with E-state index in [9.17, 15) is 0 Å². The van der Waals surface area contributed by atoms with Gasteiger partial charge in [-0.1, -0.05) is 25.1 Å². The van der Waals surface area contributed by atoms with E-state index in [2.05, 4.69) is 37.7 Å². The van der Waals surface area contributed by atoms with Gasteiger partial charge in [0.05, 0.1) is 6.61 Å². The molecule has 0 aliphatic heterocycles. The summed E-state index contributed by atoms with van der Waals surface area (Å²) in [6.45, 7) is 6.66. The first kappa shape index (κ1) is 22.1. The average molecular weight is 424 g/mol. The lowest BCUT2D eigenvalue weighted by Crippen LogP contribution is -2.38. The van der Waals surface area contributed by atoms with Crippen LogP contribution in [0.3, 0.4) is 0 Å². The molecule has 0 unspecified atom stereocenters. The first-order chi connectivity index (χ1) is 15.2. The molecule has 2 aromatic heterocycles. The number of nitrogens with zero attached hydrogens (tertiary/aromatic N) is 5. The summed E-state index contributed by atoms with van der Waals surface area (Å²) in [5.41, 5.74) is 1.01. The Kier molecular flexibility index (Phi) is 8.21. The number of pyridine rings is 1. The number of hydrogen-bond donors (Lipinski definition) is 2. The molecule has 0 fully saturated rings. The average Bonchev–Trinajstić information content (AvgIpc) is 3.26. The van der Waals surface area contributed by atoms with Crippen molar-refractivity contribution < 1.29 is 9.47 Å². The van der Waals surface area contributed by atoms with Gasteiger partial charge in [-0.3, -0.25) is 4.99 Å². The lowest BCUT2D eigenvalue weighted by Gasteiger charge is -2.13. The Hall–Kier alpha value is -3.62. The number of guanidine groups is 1. The molecule has 0 atom stereocenters. The van der Waals surface area contributed by atoms with Gasteiger partial charge in [-0.05, 0) is 24.6 Å². The van der Waals surface area contributed by atoms with E-state index in [4.69, 9.17) is 9.47 Å². The van der Waals surface area contributed by atoms with Crippen molar-refractivity contribution in [3.05, 3.63) is 60.3 Å². The number of nitrogens with one attached hydrogen (secondary N) is 2. The largest absolute Gasteiger partial charge is 0.490 e. The van der Waals surface area contributed by atoms with Crippen LogP contribution in [0, 0.1) is 0 Å². The molecule has 9 nitrogen and oxygen atoms in total. The van der Waals surface area contributed by atoms with Crippen molar-refractivity contribution in [2.24, 2.45) is 4.99 Å². The Morgan fingerprint density at radius 1 is 1.10 bits per heavy atom. The molecular weight excluding hydrogens is 394 g/mol. The summed E-state index contributed by atoms with van der Waals surface area (Å²) in [4.78, 5) is 8.66. The molecule has 0 bridgehead atoms. The van der Waals surface area contributed by atoms with Gasteiger partial charge in [-0.2, -0.15) is 0 Å². The van der Waals surface area contributed by atoms with Crippen molar-refractivity contribution in [1.29, 1.82) is 0 Å². The number of hydrogen-bond acceptors (Lipinski definition) is 6. The summed E-state index contributed by atoms with van der Waals surface area (Å²) in [5.74, 6) is 3.55. The number of aliphatic imine (C=N–C) groups is 1. The van der Waals surface area contributed by atoms with E-state index in [0.717, 1.165) is 36.9 Å². The highest BCUT2D eigenvalue weighted by molar-refractivity contribution is 5.79. The van der Waals surface area contributed by atoms with E-state index in [1.165, 1.54) is 0 Å². The molecule has 0 saturated heterocycles. The summed E-state index contributed by atoms with van der Waals surface area (Å²) in [7, 11) is 1.75. The molecule has 0 amide bonds. The van der Waals surface area contributed by atoms with Gasteiger partial charge in [0.2, 0.25) is 5.88 Å². The summed E-state index contributed by atoms with van der Waals surface area (Å²) >= 11 is 0. The molecule has 2 N–H and O–H groups in total. The van der Waals surface area contributed by atoms with E-state index in [1.807, 2.05) is 47.9 Å². The normalized spacial score (nSPS) is 11.3. The Morgan fingerprint density at radius 3 is 2.65 bits per heavy atom. The highest BCUT2D eigenvalue weighted by Crippen LogP contribution is 2.30. The van der Waals surface area contributed by atoms with Crippen LogP contribution in [0.4, 0.5) is 0 Å². The molecule has 0 aliphatic rings. The second kappa shape index (κ2) is 11.5. The second-order valence-corrected chi connectivity index (χ2v) is 6.63. The SMILES string of the molecule is CCOc1ccccc1Oc1ccc(CNC(=NC)NCCn2cnnc2CC)cn1. The monoisotopic (exact) mass is 423 g/mol. The molecule has 2 heterocycles. The fourth-order valence-electron chi connectivity index (χ4n) is 2.94. The molecule has 0 saturated carbocycles. The second-order valence-electron chi connectivity index (χ2n) is 6.63. The Morgan fingerprint density at radius 2 is 1.94 bits per heavy atom. The zero-order valence-corrected chi connectivity index (χ0v) is 18.2. The lowest BCUT2D eigenvalue weighted by molar-refractivity contribution is 0.319. The van der Waals surface area contributed by atoms with Crippen LogP contribution >= 0.6 is 0 Å². The number of rotatable bonds is 10. The van der Waals surface area contributed by atoms with Crippen LogP contribution in [-0.2, 0) is 19.5 Å². The third kappa shape index (κ3) is 6.43. The number of aromatic nitrogens is 4. The zero-order chi connectivity index (χ0) is 21.9. The molecule has 1 aromatic carbocycles. The molecule has 0 radical (unpaired) electrons. The lowest BCUT2D eigenvalue weighted by atomic mass is 10.3.